The molecule has 1 fully saturated rings. The first-order valence-corrected chi connectivity index (χ1v) is 9.05. The molecular formula is C19H22N4O4. The molecule has 0 aliphatic carbocycles. The van der Waals surface area contributed by atoms with Crippen LogP contribution in [0, 0.1) is 6.92 Å². The largest absolute Gasteiger partial charge is 0.454 e. The molecule has 1 atom stereocenters. The van der Waals surface area contributed by atoms with Crippen LogP contribution in [0.3, 0.4) is 0 Å². The number of rotatable bonds is 6. The van der Waals surface area contributed by atoms with E-state index in [4.69, 9.17) is 14.2 Å². The van der Waals surface area contributed by atoms with E-state index in [1.165, 1.54) is 0 Å². The Bertz CT molecular complexity index is 836. The zero-order valence-electron chi connectivity index (χ0n) is 15.2. The zero-order chi connectivity index (χ0) is 18.6. The number of hydrogen-bond donors (Lipinski definition) is 2. The number of benzene rings is 1. The van der Waals surface area contributed by atoms with Gasteiger partial charge in [0.2, 0.25) is 12.7 Å². The Morgan fingerprint density at radius 1 is 1.22 bits per heavy atom. The molecule has 27 heavy (non-hydrogen) atoms. The molecule has 0 saturated carbocycles. The molecule has 2 N–H and O–H groups in total. The van der Waals surface area contributed by atoms with Gasteiger partial charge in [-0.25, -0.2) is 9.97 Å². The van der Waals surface area contributed by atoms with Gasteiger partial charge in [0.1, 0.15) is 5.69 Å². The molecule has 1 saturated heterocycles. The Morgan fingerprint density at radius 2 is 2.11 bits per heavy atom. The van der Waals surface area contributed by atoms with Gasteiger partial charge in [-0.15, -0.1) is 0 Å². The number of nitrogens with one attached hydrogen (secondary N) is 2. The molecule has 0 radical (unpaired) electrons. The van der Waals surface area contributed by atoms with Crippen LogP contribution >= 0.6 is 0 Å². The van der Waals surface area contributed by atoms with Crippen LogP contribution in [-0.2, 0) is 11.3 Å². The standard InChI is InChI=1S/C19H22N4O4/c1-12-7-15(23-19(22-12)21-10-14-3-2-6-25-14)18(24)20-9-13-4-5-16-17(8-13)27-11-26-16/h4-5,7-8,14H,2-3,6,9-11H2,1H3,(H,20,24)(H,21,22,23). The SMILES string of the molecule is Cc1cc(C(=O)NCc2ccc3c(c2)OCO3)nc(NCC2CCCO2)n1. The lowest BCUT2D eigenvalue weighted by molar-refractivity contribution is 0.0945. The number of aromatic nitrogens is 2. The zero-order valence-corrected chi connectivity index (χ0v) is 15.2. The van der Waals surface area contributed by atoms with Crippen LogP contribution in [0.4, 0.5) is 5.95 Å². The third kappa shape index (κ3) is 4.28. The van der Waals surface area contributed by atoms with Crippen LogP contribution in [0.25, 0.3) is 0 Å². The maximum Gasteiger partial charge on any atom is 0.270 e. The number of carbonyl (C=O) groups excluding carboxylic acids is 1. The number of ether oxygens (including phenoxy) is 3. The first kappa shape index (κ1) is 17.5. The lowest BCUT2D eigenvalue weighted by Crippen LogP contribution is -2.25. The van der Waals surface area contributed by atoms with Gasteiger partial charge in [-0.2, -0.15) is 0 Å². The van der Waals surface area contributed by atoms with Crippen molar-refractivity contribution in [2.45, 2.75) is 32.4 Å². The highest BCUT2D eigenvalue weighted by Gasteiger charge is 2.17. The molecule has 4 rings (SSSR count). The summed E-state index contributed by atoms with van der Waals surface area (Å²) in [6.45, 7) is 3.88. The van der Waals surface area contributed by atoms with E-state index < -0.39 is 0 Å². The molecule has 0 bridgehead atoms. The molecule has 2 aliphatic rings. The van der Waals surface area contributed by atoms with Crippen molar-refractivity contribution in [2.75, 3.05) is 25.3 Å². The number of hydrogen-bond acceptors (Lipinski definition) is 7. The average molecular weight is 370 g/mol. The lowest BCUT2D eigenvalue weighted by atomic mass is 10.2. The Kier molecular flexibility index (Phi) is 5.06. The summed E-state index contributed by atoms with van der Waals surface area (Å²) in [7, 11) is 0. The van der Waals surface area contributed by atoms with Crippen molar-refractivity contribution in [2.24, 2.45) is 0 Å². The quantitative estimate of drug-likeness (QED) is 0.803. The normalized spacial score (nSPS) is 17.7. The third-order valence-electron chi connectivity index (χ3n) is 4.49. The highest BCUT2D eigenvalue weighted by atomic mass is 16.7. The second-order valence-corrected chi connectivity index (χ2v) is 6.60. The highest BCUT2D eigenvalue weighted by Crippen LogP contribution is 2.32. The van der Waals surface area contributed by atoms with Gasteiger partial charge in [-0.3, -0.25) is 4.79 Å². The van der Waals surface area contributed by atoms with E-state index in [0.29, 0.717) is 30.5 Å². The first-order chi connectivity index (χ1) is 13.2. The van der Waals surface area contributed by atoms with Gasteiger partial charge in [-0.1, -0.05) is 6.07 Å². The van der Waals surface area contributed by atoms with Crippen LogP contribution in [0.1, 0.15) is 34.6 Å². The summed E-state index contributed by atoms with van der Waals surface area (Å²) in [6, 6.07) is 7.27. The Labute approximate surface area is 157 Å². The predicted octanol–water partition coefficient (Wildman–Crippen LogP) is 2.03. The Morgan fingerprint density at radius 3 is 2.96 bits per heavy atom. The summed E-state index contributed by atoms with van der Waals surface area (Å²) < 4.78 is 16.2. The highest BCUT2D eigenvalue weighted by molar-refractivity contribution is 5.92. The van der Waals surface area contributed by atoms with E-state index in [2.05, 4.69) is 20.6 Å². The van der Waals surface area contributed by atoms with Crippen molar-refractivity contribution in [1.82, 2.24) is 15.3 Å². The minimum Gasteiger partial charge on any atom is -0.454 e. The van der Waals surface area contributed by atoms with E-state index in [-0.39, 0.29) is 18.8 Å². The minimum atomic E-state index is -0.252. The van der Waals surface area contributed by atoms with Gasteiger partial charge < -0.3 is 24.8 Å². The average Bonchev–Trinajstić information content (AvgIpc) is 3.35. The number of fused-ring (bicyclic) bond motifs is 1. The van der Waals surface area contributed by atoms with Crippen molar-refractivity contribution in [3.63, 3.8) is 0 Å². The summed E-state index contributed by atoms with van der Waals surface area (Å²) in [6.07, 6.45) is 2.29. The van der Waals surface area contributed by atoms with Gasteiger partial charge in [0, 0.05) is 25.4 Å². The fourth-order valence-corrected chi connectivity index (χ4v) is 3.10. The molecule has 8 nitrogen and oxygen atoms in total. The molecule has 0 spiro atoms. The summed E-state index contributed by atoms with van der Waals surface area (Å²) in [5, 5.41) is 6.05. The van der Waals surface area contributed by atoms with Gasteiger partial charge in [-0.05, 0) is 43.5 Å². The van der Waals surface area contributed by atoms with E-state index in [0.717, 1.165) is 36.5 Å². The van der Waals surface area contributed by atoms with Crippen LogP contribution in [0.5, 0.6) is 11.5 Å². The lowest BCUT2D eigenvalue weighted by Gasteiger charge is -2.12. The fraction of sp³-hybridized carbons (Fsp3) is 0.421. The van der Waals surface area contributed by atoms with Crippen molar-refractivity contribution < 1.29 is 19.0 Å². The molecule has 2 aromatic rings. The molecule has 3 heterocycles. The summed E-state index contributed by atoms with van der Waals surface area (Å²) >= 11 is 0. The third-order valence-corrected chi connectivity index (χ3v) is 4.49. The molecule has 1 amide bonds. The number of nitrogens with zero attached hydrogens (tertiary/aromatic N) is 2. The second-order valence-electron chi connectivity index (χ2n) is 6.60. The molecular weight excluding hydrogens is 348 g/mol. The topological polar surface area (TPSA) is 94.6 Å². The number of anilines is 1. The maximum atomic E-state index is 12.5. The van der Waals surface area contributed by atoms with Gasteiger partial charge in [0.25, 0.3) is 5.91 Å². The molecule has 142 valence electrons. The monoisotopic (exact) mass is 370 g/mol. The molecule has 2 aliphatic heterocycles. The molecule has 1 unspecified atom stereocenters. The number of carbonyl (C=O) groups is 1. The van der Waals surface area contributed by atoms with E-state index >= 15 is 0 Å². The molecule has 1 aromatic carbocycles. The molecule has 8 heteroatoms. The van der Waals surface area contributed by atoms with Gasteiger partial charge in [0.05, 0.1) is 6.10 Å². The van der Waals surface area contributed by atoms with E-state index in [1.807, 2.05) is 25.1 Å². The minimum absolute atomic E-state index is 0.178. The van der Waals surface area contributed by atoms with Crippen LogP contribution < -0.4 is 20.1 Å². The smallest absolute Gasteiger partial charge is 0.270 e. The number of amides is 1. The summed E-state index contributed by atoms with van der Waals surface area (Å²) in [4.78, 5) is 21.2. The second kappa shape index (κ2) is 7.79. The maximum absolute atomic E-state index is 12.5. The van der Waals surface area contributed by atoms with Crippen LogP contribution in [0.15, 0.2) is 24.3 Å². The first-order valence-electron chi connectivity index (χ1n) is 9.05. The number of aryl methyl sites for hydroxylation is 1. The predicted molar refractivity (Wildman–Crippen MR) is 98.0 cm³/mol. The Balaban J connectivity index is 1.37. The van der Waals surface area contributed by atoms with Crippen molar-refractivity contribution in [1.29, 1.82) is 0 Å². The van der Waals surface area contributed by atoms with E-state index in [1.54, 1.807) is 6.07 Å². The van der Waals surface area contributed by atoms with Gasteiger partial charge in [0.15, 0.2) is 11.5 Å². The molecule has 1 aromatic heterocycles. The van der Waals surface area contributed by atoms with Crippen molar-refractivity contribution in [3.8, 4) is 11.5 Å². The van der Waals surface area contributed by atoms with Crippen LogP contribution in [-0.4, -0.2) is 41.9 Å². The van der Waals surface area contributed by atoms with E-state index in [9.17, 15) is 4.79 Å². The Hall–Kier alpha value is -2.87. The fourth-order valence-electron chi connectivity index (χ4n) is 3.10. The summed E-state index contributed by atoms with van der Waals surface area (Å²) in [5.74, 6) is 1.61. The van der Waals surface area contributed by atoms with Crippen LogP contribution in [0.2, 0.25) is 0 Å². The van der Waals surface area contributed by atoms with Crippen molar-refractivity contribution in [3.05, 3.63) is 41.2 Å². The summed E-state index contributed by atoms with van der Waals surface area (Å²) in [5.41, 5.74) is 1.99. The van der Waals surface area contributed by atoms with Gasteiger partial charge >= 0.3 is 0 Å². The van der Waals surface area contributed by atoms with Crippen molar-refractivity contribution >= 4 is 11.9 Å².